The minimum atomic E-state index is -0.212. The van der Waals surface area contributed by atoms with Gasteiger partial charge in [-0.1, -0.05) is 246 Å². The molecule has 0 saturated carbocycles. The summed E-state index contributed by atoms with van der Waals surface area (Å²) in [5, 5.41) is 0. The Bertz CT molecular complexity index is 5370. The van der Waals surface area contributed by atoms with Crippen molar-refractivity contribution in [3.63, 3.8) is 0 Å². The molecule has 2 aliphatic carbocycles. The van der Waals surface area contributed by atoms with Crippen LogP contribution in [0.4, 0.5) is 68.2 Å². The van der Waals surface area contributed by atoms with Gasteiger partial charge in [-0.25, -0.2) is 9.97 Å². The van der Waals surface area contributed by atoms with Gasteiger partial charge in [-0.3, -0.25) is 0 Å². The lowest BCUT2D eigenvalue weighted by Crippen LogP contribution is -2.15. The molecule has 0 N–H and O–H groups in total. The van der Waals surface area contributed by atoms with Crippen molar-refractivity contribution in [1.82, 2.24) is 9.97 Å². The van der Waals surface area contributed by atoms with E-state index in [0.29, 0.717) is 0 Å². The fourth-order valence-electron chi connectivity index (χ4n) is 16.0. The van der Waals surface area contributed by atoms with Crippen LogP contribution in [0.25, 0.3) is 78.1 Å². The molecule has 1 heterocycles. The molecule has 496 valence electrons. The first-order valence-electron chi connectivity index (χ1n) is 35.9. The van der Waals surface area contributed by atoms with Gasteiger partial charge in [0.05, 0.1) is 22.4 Å². The van der Waals surface area contributed by atoms with Crippen LogP contribution in [0.15, 0.2) is 376 Å². The predicted molar refractivity (Wildman–Crippen MR) is 435 cm³/mol. The SMILES string of the molecule is CC1(C)c2ccccc2-c2ccc(-c3ccc(-c4ccc5c(c4)C(C)(C)c4ccccc4-5)c4nc(-c5ccc(N(c6ccccc6)c6ccc(N(c7ccccc7)c7ccccc7)cc6)cc5)c(-c5ccc(N(c6ccccc6)c6ccc(N(c7ccccc7)c7ccccc7)cc6)cc5)nc34)cc21. The van der Waals surface area contributed by atoms with E-state index in [1.807, 2.05) is 0 Å². The monoisotopic (exact) mass is 1330 g/mol. The van der Waals surface area contributed by atoms with Gasteiger partial charge < -0.3 is 19.6 Å². The number of nitrogens with zero attached hydrogens (tertiary/aromatic N) is 6. The molecule has 0 fully saturated rings. The molecule has 15 aromatic carbocycles. The molecule has 0 saturated heterocycles. The van der Waals surface area contributed by atoms with Gasteiger partial charge in [0.1, 0.15) is 0 Å². The Kier molecular flexibility index (Phi) is 15.8. The van der Waals surface area contributed by atoms with E-state index in [4.69, 9.17) is 9.97 Å². The highest BCUT2D eigenvalue weighted by Gasteiger charge is 2.37. The van der Waals surface area contributed by atoms with Crippen molar-refractivity contribution in [1.29, 1.82) is 0 Å². The fourth-order valence-corrected chi connectivity index (χ4v) is 16.0. The molecule has 104 heavy (non-hydrogen) atoms. The van der Waals surface area contributed by atoms with Crippen molar-refractivity contribution in [2.24, 2.45) is 0 Å². The van der Waals surface area contributed by atoms with Gasteiger partial charge in [-0.05, 0) is 213 Å². The summed E-state index contributed by atoms with van der Waals surface area (Å²) < 4.78 is 0. The molecule has 2 aliphatic rings. The zero-order valence-electron chi connectivity index (χ0n) is 58.5. The lowest BCUT2D eigenvalue weighted by molar-refractivity contribution is 0.660. The van der Waals surface area contributed by atoms with E-state index >= 15 is 0 Å². The van der Waals surface area contributed by atoms with Gasteiger partial charge in [0.2, 0.25) is 0 Å². The molecule has 6 heteroatoms. The van der Waals surface area contributed by atoms with E-state index in [1.165, 1.54) is 44.5 Å². The maximum absolute atomic E-state index is 6.08. The summed E-state index contributed by atoms with van der Waals surface area (Å²) in [4.78, 5) is 21.4. The lowest BCUT2D eigenvalue weighted by atomic mass is 9.81. The Morgan fingerprint density at radius 2 is 0.385 bits per heavy atom. The van der Waals surface area contributed by atoms with E-state index < -0.39 is 0 Å². The van der Waals surface area contributed by atoms with Gasteiger partial charge in [0.15, 0.2) is 0 Å². The molecule has 0 spiro atoms. The van der Waals surface area contributed by atoms with E-state index in [9.17, 15) is 0 Å². The van der Waals surface area contributed by atoms with Crippen LogP contribution in [0.5, 0.6) is 0 Å². The second-order valence-corrected chi connectivity index (χ2v) is 28.1. The first kappa shape index (κ1) is 63.0. The third-order valence-corrected chi connectivity index (χ3v) is 21.2. The Hall–Kier alpha value is -13.2. The molecule has 18 rings (SSSR count). The zero-order chi connectivity index (χ0) is 69.9. The summed E-state index contributed by atoms with van der Waals surface area (Å²) in [6.45, 7) is 9.43. The highest BCUT2D eigenvalue weighted by Crippen LogP contribution is 2.53. The van der Waals surface area contributed by atoms with Crippen LogP contribution in [0, 0.1) is 0 Å². The number of anilines is 12. The van der Waals surface area contributed by atoms with E-state index in [2.05, 4.69) is 423 Å². The number of hydrogen-bond acceptors (Lipinski definition) is 6. The first-order valence-corrected chi connectivity index (χ1v) is 35.9. The van der Waals surface area contributed by atoms with E-state index in [1.54, 1.807) is 0 Å². The number of fused-ring (bicyclic) bond motifs is 7. The summed E-state index contributed by atoms with van der Waals surface area (Å²) in [6.07, 6.45) is 0. The average Bonchev–Trinajstić information content (AvgIpc) is 1.74. The summed E-state index contributed by atoms with van der Waals surface area (Å²) in [7, 11) is 0. The third kappa shape index (κ3) is 11.2. The molecule has 0 radical (unpaired) electrons. The maximum atomic E-state index is 6.08. The Labute approximate surface area is 609 Å². The minimum Gasteiger partial charge on any atom is -0.311 e. The Morgan fingerprint density at radius 3 is 0.654 bits per heavy atom. The lowest BCUT2D eigenvalue weighted by Gasteiger charge is -2.28. The second-order valence-electron chi connectivity index (χ2n) is 28.1. The van der Waals surface area contributed by atoms with Crippen molar-refractivity contribution in [2.75, 3.05) is 19.6 Å². The summed E-state index contributed by atoms with van der Waals surface area (Å²) in [5.41, 5.74) is 32.0. The topological polar surface area (TPSA) is 38.7 Å². The zero-order valence-corrected chi connectivity index (χ0v) is 58.5. The van der Waals surface area contributed by atoms with Crippen LogP contribution in [0.1, 0.15) is 49.9 Å². The van der Waals surface area contributed by atoms with Crippen LogP contribution in [-0.4, -0.2) is 9.97 Å². The molecular weight excluding hydrogens is 1260 g/mol. The molecule has 0 atom stereocenters. The molecule has 0 bridgehead atoms. The quantitative estimate of drug-likeness (QED) is 0.0960. The first-order chi connectivity index (χ1) is 51.1. The largest absolute Gasteiger partial charge is 0.311 e. The smallest absolute Gasteiger partial charge is 0.0979 e. The highest BCUT2D eigenvalue weighted by atomic mass is 15.2. The van der Waals surface area contributed by atoms with Crippen molar-refractivity contribution in [3.05, 3.63) is 398 Å². The van der Waals surface area contributed by atoms with Gasteiger partial charge in [-0.2, -0.15) is 0 Å². The van der Waals surface area contributed by atoms with Crippen LogP contribution in [0.2, 0.25) is 0 Å². The van der Waals surface area contributed by atoms with E-state index in [-0.39, 0.29) is 10.8 Å². The van der Waals surface area contributed by atoms with Crippen molar-refractivity contribution in [2.45, 2.75) is 38.5 Å². The Morgan fingerprint density at radius 1 is 0.183 bits per heavy atom. The highest BCUT2D eigenvalue weighted by molar-refractivity contribution is 6.04. The maximum Gasteiger partial charge on any atom is 0.0979 e. The fraction of sp³-hybridized carbons (Fsp3) is 0.0612. The van der Waals surface area contributed by atoms with Crippen LogP contribution >= 0.6 is 0 Å². The molecule has 1 aromatic heterocycles. The summed E-state index contributed by atoms with van der Waals surface area (Å²) in [5.74, 6) is 0. The second kappa shape index (κ2) is 26.1. The normalized spacial score (nSPS) is 12.8. The minimum absolute atomic E-state index is 0.212. The number of benzene rings is 15. The van der Waals surface area contributed by atoms with Gasteiger partial charge in [0, 0.05) is 101 Å². The summed E-state index contributed by atoms with van der Waals surface area (Å²) in [6, 6.07) is 136. The van der Waals surface area contributed by atoms with Crippen molar-refractivity contribution < 1.29 is 0 Å². The van der Waals surface area contributed by atoms with Crippen molar-refractivity contribution >= 4 is 79.3 Å². The van der Waals surface area contributed by atoms with Crippen LogP contribution in [-0.2, 0) is 10.8 Å². The average molecular weight is 1340 g/mol. The van der Waals surface area contributed by atoms with Gasteiger partial charge in [0.25, 0.3) is 0 Å². The third-order valence-electron chi connectivity index (χ3n) is 21.2. The molecule has 0 aliphatic heterocycles. The standard InChI is InChI=1S/C98H74N6/c1-97(2)89-41-25-23-39-85(89)87-61-47-69(65-91(87)97)83-63-64-84(70-48-62-88-86-40-24-26-42-90(86)98(3,4)92(88)66-70)96-95(83)99-93(67-43-49-77(50-44-67)103(75-35-19-9-20-36-75)81-57-53-79(54-58-81)101(71-27-11-5-12-28-71)72-29-13-6-14-30-72)94(100-96)68-45-51-78(52-46-68)104(76-37-21-10-22-38-76)82-59-55-80(56-60-82)102(73-31-15-7-16-32-73)74-33-17-8-18-34-74/h5-66H,1-4H3. The Balaban J connectivity index is 0.807. The van der Waals surface area contributed by atoms with Crippen molar-refractivity contribution in [3.8, 4) is 67.0 Å². The number of para-hydroxylation sites is 6. The molecule has 0 unspecified atom stereocenters. The molecule has 16 aromatic rings. The summed E-state index contributed by atoms with van der Waals surface area (Å²) >= 11 is 0. The van der Waals surface area contributed by atoms with Crippen LogP contribution < -0.4 is 19.6 Å². The number of aromatic nitrogens is 2. The van der Waals surface area contributed by atoms with E-state index in [0.717, 1.165) is 124 Å². The molecular formula is C98H74N6. The molecule has 0 amide bonds. The molecule has 6 nitrogen and oxygen atoms in total. The number of hydrogen-bond donors (Lipinski definition) is 0. The predicted octanol–water partition coefficient (Wildman–Crippen LogP) is 26.8. The van der Waals surface area contributed by atoms with Gasteiger partial charge in [-0.15, -0.1) is 0 Å². The van der Waals surface area contributed by atoms with Crippen LogP contribution in [0.3, 0.4) is 0 Å². The van der Waals surface area contributed by atoms with Gasteiger partial charge >= 0.3 is 0 Å². The number of rotatable bonds is 16.